The van der Waals surface area contributed by atoms with E-state index in [1.165, 1.54) is 0 Å². The number of hydrogen-bond acceptors (Lipinski definition) is 3. The molecular weight excluding hydrogens is 416 g/mol. The molecule has 154 valence electrons. The zero-order chi connectivity index (χ0) is 21.7. The lowest BCUT2D eigenvalue weighted by molar-refractivity contribution is 0.594. The number of para-hydroxylation sites is 1. The zero-order valence-electron chi connectivity index (χ0n) is 17.0. The molecule has 0 amide bonds. The Bertz CT molecular complexity index is 1620. The highest BCUT2D eigenvalue weighted by Gasteiger charge is 2.33. The third-order valence-corrected chi connectivity index (χ3v) is 7.56. The average molecular weight is 435 g/mol. The van der Waals surface area contributed by atoms with Gasteiger partial charge in [-0.1, -0.05) is 84.9 Å². The Hall–Kier alpha value is -3.96. The van der Waals surface area contributed by atoms with Crippen LogP contribution in [0.25, 0.3) is 40.3 Å². The van der Waals surface area contributed by atoms with Crippen molar-refractivity contribution in [3.05, 3.63) is 108 Å². The van der Waals surface area contributed by atoms with E-state index >= 15 is 0 Å². The number of aromatic nitrogens is 2. The van der Waals surface area contributed by atoms with E-state index in [0.717, 1.165) is 22.5 Å². The molecule has 0 saturated carbocycles. The molecule has 0 unspecified atom stereocenters. The first-order valence-corrected chi connectivity index (χ1v) is 11.8. The van der Waals surface area contributed by atoms with E-state index < -0.39 is 9.84 Å². The second-order valence-electron chi connectivity index (χ2n) is 7.74. The summed E-state index contributed by atoms with van der Waals surface area (Å²) in [6, 6.07) is 30.7. The molecule has 0 N–H and O–H groups in total. The molecule has 0 radical (unpaired) electrons. The molecule has 0 atom stereocenters. The van der Waals surface area contributed by atoms with Gasteiger partial charge in [0.05, 0.1) is 26.5 Å². The Morgan fingerprint density at radius 3 is 2.19 bits per heavy atom. The predicted molar refractivity (Wildman–Crippen MR) is 127 cm³/mol. The minimum atomic E-state index is -3.68. The van der Waals surface area contributed by atoms with Gasteiger partial charge in [0.15, 0.2) is 0 Å². The topological polar surface area (TPSA) is 52.0 Å². The first-order valence-electron chi connectivity index (χ1n) is 10.3. The molecule has 1 aliphatic heterocycles. The molecule has 4 aromatic carbocycles. The molecule has 1 aliphatic rings. The molecule has 0 aliphatic carbocycles. The van der Waals surface area contributed by atoms with Crippen LogP contribution in [0.15, 0.2) is 107 Å². The van der Waals surface area contributed by atoms with Gasteiger partial charge in [-0.2, -0.15) is 0 Å². The SMILES string of the molecule is O=S1(=O)c2cc(/C=C/c3ccccc3)ccc2-n2c(-c3ccccc3)nc3cccc1c32. The van der Waals surface area contributed by atoms with E-state index in [-0.39, 0.29) is 0 Å². The Balaban J connectivity index is 1.60. The summed E-state index contributed by atoms with van der Waals surface area (Å²) in [5, 5.41) is 0. The van der Waals surface area contributed by atoms with Crippen LogP contribution in [0.1, 0.15) is 11.1 Å². The summed E-state index contributed by atoms with van der Waals surface area (Å²) in [5.74, 6) is 0.733. The number of sulfone groups is 1. The maximum absolute atomic E-state index is 13.6. The maximum atomic E-state index is 13.6. The van der Waals surface area contributed by atoms with E-state index in [4.69, 9.17) is 4.98 Å². The highest BCUT2D eigenvalue weighted by atomic mass is 32.2. The van der Waals surface area contributed by atoms with Gasteiger partial charge >= 0.3 is 0 Å². The van der Waals surface area contributed by atoms with Crippen molar-refractivity contribution >= 4 is 33.0 Å². The minimum absolute atomic E-state index is 0.293. The summed E-state index contributed by atoms with van der Waals surface area (Å²) in [4.78, 5) is 5.39. The molecule has 1 aromatic heterocycles. The van der Waals surface area contributed by atoms with Crippen molar-refractivity contribution in [2.24, 2.45) is 0 Å². The number of hydrogen-bond donors (Lipinski definition) is 0. The van der Waals surface area contributed by atoms with E-state index in [2.05, 4.69) is 0 Å². The Morgan fingerprint density at radius 1 is 0.688 bits per heavy atom. The summed E-state index contributed by atoms with van der Waals surface area (Å²) in [5.41, 5.74) is 4.75. The van der Waals surface area contributed by atoms with E-state index in [1.54, 1.807) is 18.2 Å². The molecule has 32 heavy (non-hydrogen) atoms. The van der Waals surface area contributed by atoms with Crippen molar-refractivity contribution in [3.8, 4) is 17.1 Å². The van der Waals surface area contributed by atoms with Crippen LogP contribution in [0.2, 0.25) is 0 Å². The van der Waals surface area contributed by atoms with Gasteiger partial charge < -0.3 is 0 Å². The highest BCUT2D eigenvalue weighted by Crippen LogP contribution is 2.41. The molecule has 0 saturated heterocycles. The first kappa shape index (κ1) is 18.8. The molecule has 6 rings (SSSR count). The summed E-state index contributed by atoms with van der Waals surface area (Å²) >= 11 is 0. The van der Waals surface area contributed by atoms with Gasteiger partial charge in [0.2, 0.25) is 9.84 Å². The van der Waals surface area contributed by atoms with Crippen LogP contribution in [0.4, 0.5) is 0 Å². The average Bonchev–Trinajstić information content (AvgIpc) is 3.23. The van der Waals surface area contributed by atoms with Gasteiger partial charge in [0.1, 0.15) is 5.82 Å². The smallest absolute Gasteiger partial charge is 0.210 e. The van der Waals surface area contributed by atoms with Crippen molar-refractivity contribution < 1.29 is 8.42 Å². The fraction of sp³-hybridized carbons (Fsp3) is 0. The van der Waals surface area contributed by atoms with Gasteiger partial charge in [-0.3, -0.25) is 4.57 Å². The monoisotopic (exact) mass is 434 g/mol. The van der Waals surface area contributed by atoms with E-state index in [0.29, 0.717) is 26.5 Å². The molecule has 5 heteroatoms. The largest absolute Gasteiger partial charge is 0.290 e. The fourth-order valence-electron chi connectivity index (χ4n) is 4.24. The summed E-state index contributed by atoms with van der Waals surface area (Å²) in [7, 11) is -3.68. The van der Waals surface area contributed by atoms with Crippen molar-refractivity contribution in [1.82, 2.24) is 9.55 Å². The lowest BCUT2D eigenvalue weighted by Gasteiger charge is -2.21. The summed E-state index contributed by atoms with van der Waals surface area (Å²) in [6.45, 7) is 0. The van der Waals surface area contributed by atoms with Crippen LogP contribution in [-0.4, -0.2) is 18.0 Å². The quantitative estimate of drug-likeness (QED) is 0.321. The number of imidazole rings is 1. The molecule has 0 fully saturated rings. The fourth-order valence-corrected chi connectivity index (χ4v) is 5.91. The van der Waals surface area contributed by atoms with Crippen molar-refractivity contribution in [2.45, 2.75) is 9.79 Å². The van der Waals surface area contributed by atoms with Gasteiger partial charge in [-0.25, -0.2) is 13.4 Å². The van der Waals surface area contributed by atoms with Crippen LogP contribution in [0.3, 0.4) is 0 Å². The van der Waals surface area contributed by atoms with Crippen LogP contribution >= 0.6 is 0 Å². The van der Waals surface area contributed by atoms with Crippen LogP contribution in [0.5, 0.6) is 0 Å². The molecule has 0 spiro atoms. The summed E-state index contributed by atoms with van der Waals surface area (Å²) in [6.07, 6.45) is 3.92. The Morgan fingerprint density at radius 2 is 1.41 bits per heavy atom. The molecule has 0 bridgehead atoms. The number of nitrogens with zero attached hydrogens (tertiary/aromatic N) is 2. The second kappa shape index (κ2) is 7.04. The van der Waals surface area contributed by atoms with E-state index in [1.807, 2.05) is 95.6 Å². The van der Waals surface area contributed by atoms with Crippen LogP contribution in [-0.2, 0) is 9.84 Å². The maximum Gasteiger partial charge on any atom is 0.210 e. The van der Waals surface area contributed by atoms with Gasteiger partial charge in [-0.05, 0) is 35.4 Å². The molecule has 2 heterocycles. The van der Waals surface area contributed by atoms with E-state index in [9.17, 15) is 8.42 Å². The Labute approximate surface area is 186 Å². The van der Waals surface area contributed by atoms with Crippen molar-refractivity contribution in [1.29, 1.82) is 0 Å². The lowest BCUT2D eigenvalue weighted by Crippen LogP contribution is -2.15. The third-order valence-electron chi connectivity index (χ3n) is 5.74. The highest BCUT2D eigenvalue weighted by molar-refractivity contribution is 7.92. The lowest BCUT2D eigenvalue weighted by atomic mass is 10.1. The standard InChI is InChI=1S/C27H18N2O2S/c30-32(31)24-13-7-12-22-26(24)29(27(28-22)21-10-5-2-6-11-21)23-17-16-20(18-25(23)32)15-14-19-8-3-1-4-9-19/h1-18H/b15-14+. The normalized spacial score (nSPS) is 14.0. The van der Waals surface area contributed by atoms with Gasteiger partial charge in [0, 0.05) is 5.56 Å². The minimum Gasteiger partial charge on any atom is -0.290 e. The van der Waals surface area contributed by atoms with Crippen molar-refractivity contribution in [3.63, 3.8) is 0 Å². The Kier molecular flexibility index (Phi) is 4.13. The number of fused-ring (bicyclic) bond motifs is 2. The van der Waals surface area contributed by atoms with Crippen LogP contribution < -0.4 is 0 Å². The number of rotatable bonds is 3. The summed E-state index contributed by atoms with van der Waals surface area (Å²) < 4.78 is 29.2. The first-order chi connectivity index (χ1) is 15.6. The predicted octanol–water partition coefficient (Wildman–Crippen LogP) is 6.01. The molecular formula is C27H18N2O2S. The second-order valence-corrected chi connectivity index (χ2v) is 9.62. The van der Waals surface area contributed by atoms with Crippen LogP contribution in [0, 0.1) is 0 Å². The molecule has 4 nitrogen and oxygen atoms in total. The molecule has 5 aromatic rings. The van der Waals surface area contributed by atoms with Crippen molar-refractivity contribution in [2.75, 3.05) is 0 Å². The zero-order valence-corrected chi connectivity index (χ0v) is 17.8. The number of benzene rings is 4. The van der Waals surface area contributed by atoms with Gasteiger partial charge in [0.25, 0.3) is 0 Å². The van der Waals surface area contributed by atoms with Gasteiger partial charge in [-0.15, -0.1) is 0 Å². The third kappa shape index (κ3) is 2.82.